The van der Waals surface area contributed by atoms with Crippen molar-refractivity contribution in [2.24, 2.45) is 5.92 Å². The van der Waals surface area contributed by atoms with Crippen LogP contribution in [-0.4, -0.2) is 62.6 Å². The van der Waals surface area contributed by atoms with Gasteiger partial charge in [0, 0.05) is 24.4 Å². The van der Waals surface area contributed by atoms with Gasteiger partial charge in [-0.1, -0.05) is 26.0 Å². The molecule has 2 N–H and O–H groups in total. The van der Waals surface area contributed by atoms with Gasteiger partial charge in [0.05, 0.1) is 9.79 Å². The zero-order chi connectivity index (χ0) is 26.6. The normalized spacial score (nSPS) is 18.2. The lowest BCUT2D eigenvalue weighted by molar-refractivity contribution is -0.384. The Morgan fingerprint density at radius 3 is 2.34 bits per heavy atom. The predicted octanol–water partition coefficient (Wildman–Crippen LogP) is 3.48. The molecular formula is C24H36N4O6S. The van der Waals surface area contributed by atoms with Crippen LogP contribution in [0.2, 0.25) is 0 Å². The van der Waals surface area contributed by atoms with Crippen molar-refractivity contribution < 1.29 is 24.0 Å². The van der Waals surface area contributed by atoms with E-state index in [1.165, 1.54) is 23.9 Å². The van der Waals surface area contributed by atoms with Crippen molar-refractivity contribution in [3.8, 4) is 0 Å². The third-order valence-electron chi connectivity index (χ3n) is 5.49. The molecule has 1 aromatic carbocycles. The van der Waals surface area contributed by atoms with E-state index in [0.717, 1.165) is 5.56 Å². The third kappa shape index (κ3) is 7.84. The second kappa shape index (κ2) is 11.3. The maximum atomic E-state index is 13.6. The van der Waals surface area contributed by atoms with Crippen LogP contribution in [0.15, 0.2) is 24.3 Å². The predicted molar refractivity (Wildman–Crippen MR) is 135 cm³/mol. The molecule has 10 nitrogen and oxygen atoms in total. The molecule has 0 saturated carbocycles. The van der Waals surface area contributed by atoms with E-state index in [-0.39, 0.29) is 23.4 Å². The zero-order valence-corrected chi connectivity index (χ0v) is 22.2. The van der Waals surface area contributed by atoms with Crippen molar-refractivity contribution in [3.63, 3.8) is 0 Å². The molecule has 3 amide bonds. The molecule has 1 heterocycles. The number of rotatable bonds is 8. The number of ether oxygens (including phenoxy) is 1. The van der Waals surface area contributed by atoms with E-state index in [9.17, 15) is 24.5 Å². The van der Waals surface area contributed by atoms with Crippen molar-refractivity contribution in [1.82, 2.24) is 15.5 Å². The largest absolute Gasteiger partial charge is 0.444 e. The van der Waals surface area contributed by atoms with Gasteiger partial charge in [0.2, 0.25) is 11.8 Å². The number of thioether (sulfide) groups is 1. The Labute approximate surface area is 210 Å². The Kier molecular flexibility index (Phi) is 9.16. The average molecular weight is 509 g/mol. The van der Waals surface area contributed by atoms with E-state index in [2.05, 4.69) is 10.6 Å². The number of hydrogen-bond acceptors (Lipinski definition) is 7. The fourth-order valence-electron chi connectivity index (χ4n) is 3.74. The maximum absolute atomic E-state index is 13.6. The highest BCUT2D eigenvalue weighted by molar-refractivity contribution is 8.00. The van der Waals surface area contributed by atoms with Crippen molar-refractivity contribution in [3.05, 3.63) is 39.9 Å². The SMILES string of the molecule is CC(C)[C@H](NC(=O)OC(C)(C)C)C(=O)N1[C@H](C(=O)NCCc2ccc([N+](=O)[O-])cc2)CSC1(C)C. The molecule has 0 aromatic heterocycles. The van der Waals surface area contributed by atoms with Crippen molar-refractivity contribution in [2.75, 3.05) is 12.3 Å². The van der Waals surface area contributed by atoms with E-state index in [1.807, 2.05) is 27.7 Å². The van der Waals surface area contributed by atoms with Crippen LogP contribution in [0.5, 0.6) is 0 Å². The van der Waals surface area contributed by atoms with Gasteiger partial charge in [0.1, 0.15) is 17.7 Å². The number of amides is 3. The Hall–Kier alpha value is -2.82. The summed E-state index contributed by atoms with van der Waals surface area (Å²) < 4.78 is 5.33. The van der Waals surface area contributed by atoms with Crippen LogP contribution in [0.4, 0.5) is 10.5 Å². The van der Waals surface area contributed by atoms with E-state index in [0.29, 0.717) is 18.7 Å². The van der Waals surface area contributed by atoms with Crippen LogP contribution in [0.3, 0.4) is 0 Å². The molecule has 1 aromatic rings. The van der Waals surface area contributed by atoms with Gasteiger partial charge in [0.15, 0.2) is 0 Å². The standard InChI is InChI=1S/C24H36N4O6S/c1-15(2)19(26-22(31)34-23(3,4)5)21(30)27-18(14-35-24(27,6)7)20(29)25-13-12-16-8-10-17(11-9-16)28(32)33/h8-11,15,18-19H,12-14H2,1-7H3,(H,25,29)(H,26,31)/t18-,19-/m0/s1. The molecule has 1 fully saturated rings. The number of carbonyl (C=O) groups excluding carboxylic acids is 3. The summed E-state index contributed by atoms with van der Waals surface area (Å²) in [4.78, 5) is 50.3. The molecule has 1 aliphatic heterocycles. The lowest BCUT2D eigenvalue weighted by atomic mass is 10.0. The molecule has 0 bridgehead atoms. The van der Waals surface area contributed by atoms with Gasteiger partial charge in [-0.3, -0.25) is 19.7 Å². The van der Waals surface area contributed by atoms with Crippen molar-refractivity contribution in [2.45, 2.75) is 77.4 Å². The maximum Gasteiger partial charge on any atom is 0.408 e. The highest BCUT2D eigenvalue weighted by Gasteiger charge is 2.48. The van der Waals surface area contributed by atoms with E-state index in [4.69, 9.17) is 4.74 Å². The van der Waals surface area contributed by atoms with Crippen LogP contribution >= 0.6 is 11.8 Å². The second-order valence-corrected chi connectivity index (χ2v) is 11.9. The van der Waals surface area contributed by atoms with E-state index in [1.54, 1.807) is 37.8 Å². The van der Waals surface area contributed by atoms with Crippen molar-refractivity contribution in [1.29, 1.82) is 0 Å². The second-order valence-electron chi connectivity index (χ2n) is 10.3. The van der Waals surface area contributed by atoms with Crippen molar-refractivity contribution >= 4 is 35.4 Å². The summed E-state index contributed by atoms with van der Waals surface area (Å²) in [6.45, 7) is 13.0. The van der Waals surface area contributed by atoms with Gasteiger partial charge in [-0.2, -0.15) is 0 Å². The molecular weight excluding hydrogens is 472 g/mol. The summed E-state index contributed by atoms with van der Waals surface area (Å²) >= 11 is 1.50. The summed E-state index contributed by atoms with van der Waals surface area (Å²) in [6.07, 6.45) is -0.186. The molecule has 0 unspecified atom stereocenters. The average Bonchev–Trinajstić information content (AvgIpc) is 3.05. The van der Waals surface area contributed by atoms with Gasteiger partial charge in [0.25, 0.3) is 5.69 Å². The summed E-state index contributed by atoms with van der Waals surface area (Å²) in [5, 5.41) is 16.4. The molecule has 35 heavy (non-hydrogen) atoms. The Bertz CT molecular complexity index is 942. The van der Waals surface area contributed by atoms with Gasteiger partial charge in [-0.15, -0.1) is 11.8 Å². The minimum Gasteiger partial charge on any atom is -0.444 e. The lowest BCUT2D eigenvalue weighted by Crippen LogP contribution is -2.60. The van der Waals surface area contributed by atoms with Gasteiger partial charge < -0.3 is 20.3 Å². The molecule has 0 spiro atoms. The summed E-state index contributed by atoms with van der Waals surface area (Å²) in [5.74, 6) is -0.406. The Morgan fingerprint density at radius 1 is 1.23 bits per heavy atom. The van der Waals surface area contributed by atoms with Gasteiger partial charge in [-0.25, -0.2) is 4.79 Å². The van der Waals surface area contributed by atoms with Crippen LogP contribution < -0.4 is 10.6 Å². The quantitative estimate of drug-likeness (QED) is 0.406. The summed E-state index contributed by atoms with van der Waals surface area (Å²) in [5.41, 5.74) is 0.159. The lowest BCUT2D eigenvalue weighted by Gasteiger charge is -2.38. The number of nitrogens with zero attached hydrogens (tertiary/aromatic N) is 2. The fourth-order valence-corrected chi connectivity index (χ4v) is 4.97. The summed E-state index contributed by atoms with van der Waals surface area (Å²) in [6, 6.07) is 4.63. The first-order chi connectivity index (χ1) is 16.1. The number of non-ortho nitro benzene ring substituents is 1. The number of nitro benzene ring substituents is 1. The molecule has 1 aliphatic rings. The molecule has 11 heteroatoms. The highest BCUT2D eigenvalue weighted by atomic mass is 32.2. The molecule has 1 saturated heterocycles. The first-order valence-corrected chi connectivity index (χ1v) is 12.6. The van der Waals surface area contributed by atoms with Crippen LogP contribution in [0, 0.1) is 16.0 Å². The van der Waals surface area contributed by atoms with Gasteiger partial charge >= 0.3 is 6.09 Å². The number of alkyl carbamates (subject to hydrolysis) is 1. The van der Waals surface area contributed by atoms with Crippen LogP contribution in [0.25, 0.3) is 0 Å². The minimum absolute atomic E-state index is 0.0110. The number of hydrogen-bond donors (Lipinski definition) is 2. The topological polar surface area (TPSA) is 131 Å². The number of nitrogens with one attached hydrogen (secondary N) is 2. The van der Waals surface area contributed by atoms with E-state index >= 15 is 0 Å². The first-order valence-electron chi connectivity index (χ1n) is 11.6. The Morgan fingerprint density at radius 2 is 1.83 bits per heavy atom. The molecule has 0 radical (unpaired) electrons. The van der Waals surface area contributed by atoms with Gasteiger partial charge in [-0.05, 0) is 52.5 Å². The van der Waals surface area contributed by atoms with Crippen LogP contribution in [0.1, 0.15) is 54.0 Å². The first kappa shape index (κ1) is 28.4. The minimum atomic E-state index is -0.849. The molecule has 2 atom stereocenters. The number of benzene rings is 1. The number of carbonyl (C=O) groups is 3. The Balaban J connectivity index is 2.08. The summed E-state index contributed by atoms with van der Waals surface area (Å²) in [7, 11) is 0. The molecule has 0 aliphatic carbocycles. The molecule has 194 valence electrons. The van der Waals surface area contributed by atoms with E-state index < -0.39 is 33.6 Å². The molecule has 2 rings (SSSR count). The zero-order valence-electron chi connectivity index (χ0n) is 21.4. The third-order valence-corrected chi connectivity index (χ3v) is 6.88. The van der Waals surface area contributed by atoms with Crippen LogP contribution in [-0.2, 0) is 20.7 Å². The fraction of sp³-hybridized carbons (Fsp3) is 0.625. The number of nitro groups is 1. The smallest absolute Gasteiger partial charge is 0.408 e. The highest BCUT2D eigenvalue weighted by Crippen LogP contribution is 2.39. The monoisotopic (exact) mass is 508 g/mol.